The summed E-state index contributed by atoms with van der Waals surface area (Å²) in [6.45, 7) is 0. The van der Waals surface area contributed by atoms with E-state index in [-0.39, 0.29) is 12.0 Å². The third-order valence-electron chi connectivity index (χ3n) is 3.69. The molecule has 0 radical (unpaired) electrons. The molecule has 144 valence electrons. The molecule has 6 nitrogen and oxygen atoms in total. The van der Waals surface area contributed by atoms with Gasteiger partial charge in [0.05, 0.1) is 19.8 Å². The van der Waals surface area contributed by atoms with Gasteiger partial charge in [-0.3, -0.25) is 4.79 Å². The monoisotopic (exact) mass is 382 g/mol. The van der Waals surface area contributed by atoms with Crippen LogP contribution in [0.5, 0.6) is 5.88 Å². The molecular weight excluding hydrogens is 365 g/mol. The van der Waals surface area contributed by atoms with E-state index in [0.29, 0.717) is 11.4 Å². The Hall–Kier alpha value is -3.10. The predicted octanol–water partition coefficient (Wildman–Crippen LogP) is 2.62. The fraction of sp³-hybridized carbons (Fsp3) is 0.278. The fourth-order valence-corrected chi connectivity index (χ4v) is 2.30. The maximum atomic E-state index is 12.8. The van der Waals surface area contributed by atoms with Crippen LogP contribution >= 0.6 is 0 Å². The molecule has 0 fully saturated rings. The van der Waals surface area contributed by atoms with E-state index in [9.17, 15) is 22.8 Å². The van der Waals surface area contributed by atoms with Crippen LogP contribution in [0.15, 0.2) is 42.6 Å². The summed E-state index contributed by atoms with van der Waals surface area (Å²) in [4.78, 5) is 28.3. The van der Waals surface area contributed by atoms with Crippen LogP contribution in [0, 0.1) is 0 Å². The van der Waals surface area contributed by atoms with Gasteiger partial charge in [0.15, 0.2) is 0 Å². The molecule has 1 aromatic carbocycles. The van der Waals surface area contributed by atoms with Gasteiger partial charge in [-0.2, -0.15) is 13.2 Å². The number of pyridine rings is 1. The molecule has 1 atom stereocenters. The van der Waals surface area contributed by atoms with Crippen LogP contribution in [0.2, 0.25) is 0 Å². The number of hydrogen-bond acceptors (Lipinski definition) is 5. The number of alkyl halides is 3. The van der Waals surface area contributed by atoms with E-state index in [2.05, 4.69) is 15.0 Å². The molecule has 1 N–H and O–H groups in total. The first-order valence-electron chi connectivity index (χ1n) is 7.79. The molecule has 0 bridgehead atoms. The molecule has 27 heavy (non-hydrogen) atoms. The van der Waals surface area contributed by atoms with E-state index in [1.807, 2.05) is 0 Å². The predicted molar refractivity (Wildman–Crippen MR) is 89.2 cm³/mol. The van der Waals surface area contributed by atoms with Crippen molar-refractivity contribution < 1.29 is 32.2 Å². The lowest BCUT2D eigenvalue weighted by Crippen LogP contribution is -2.43. The third-order valence-corrected chi connectivity index (χ3v) is 3.69. The van der Waals surface area contributed by atoms with E-state index in [1.165, 1.54) is 19.4 Å². The first-order chi connectivity index (χ1) is 12.7. The molecule has 2 aromatic rings. The Balaban J connectivity index is 2.17. The zero-order chi connectivity index (χ0) is 20.0. The number of amides is 1. The van der Waals surface area contributed by atoms with E-state index in [4.69, 9.17) is 4.74 Å². The summed E-state index contributed by atoms with van der Waals surface area (Å²) >= 11 is 0. The highest BCUT2D eigenvalue weighted by molar-refractivity contribution is 5.97. The molecule has 0 saturated carbocycles. The van der Waals surface area contributed by atoms with Crippen LogP contribution in [0.4, 0.5) is 13.2 Å². The van der Waals surface area contributed by atoms with Crippen molar-refractivity contribution in [3.63, 3.8) is 0 Å². The molecule has 0 aliphatic carbocycles. The van der Waals surface area contributed by atoms with Crippen LogP contribution in [-0.2, 0) is 22.1 Å². The molecule has 9 heteroatoms. The average Bonchev–Trinajstić information content (AvgIpc) is 2.66. The van der Waals surface area contributed by atoms with Crippen molar-refractivity contribution in [3.8, 4) is 5.88 Å². The van der Waals surface area contributed by atoms with Gasteiger partial charge in [0.25, 0.3) is 5.91 Å². The van der Waals surface area contributed by atoms with E-state index < -0.39 is 29.7 Å². The summed E-state index contributed by atoms with van der Waals surface area (Å²) < 4.78 is 48.0. The zero-order valence-corrected chi connectivity index (χ0v) is 14.5. The molecule has 2 rings (SSSR count). The Morgan fingerprint density at radius 1 is 1.19 bits per heavy atom. The molecule has 1 aromatic heterocycles. The molecule has 1 amide bonds. The number of nitrogens with zero attached hydrogens (tertiary/aromatic N) is 1. The Bertz CT molecular complexity index is 807. The Kier molecular flexibility index (Phi) is 6.38. The van der Waals surface area contributed by atoms with E-state index in [0.717, 1.165) is 25.3 Å². The number of hydrogen-bond donors (Lipinski definition) is 1. The smallest absolute Gasteiger partial charge is 0.416 e. The van der Waals surface area contributed by atoms with Crippen molar-refractivity contribution >= 4 is 11.9 Å². The fourth-order valence-electron chi connectivity index (χ4n) is 2.30. The standard InChI is InChI=1S/C18H17F3N2O4/c1-26-15-7-6-11(10-22-15)8-14(17(25)27-2)23-16(24)12-4-3-5-13(9-12)18(19,20)21/h3-7,9-10,14H,8H2,1-2H3,(H,23,24)/t14-/m1/s1. The van der Waals surface area contributed by atoms with Gasteiger partial charge in [-0.05, 0) is 23.8 Å². The number of methoxy groups -OCH3 is 2. The second-order valence-corrected chi connectivity index (χ2v) is 5.54. The highest BCUT2D eigenvalue weighted by Crippen LogP contribution is 2.29. The lowest BCUT2D eigenvalue weighted by atomic mass is 10.1. The molecule has 0 spiro atoms. The number of nitrogens with one attached hydrogen (secondary N) is 1. The minimum Gasteiger partial charge on any atom is -0.481 e. The number of carbonyl (C=O) groups is 2. The molecule has 0 aliphatic heterocycles. The number of ether oxygens (including phenoxy) is 2. The first-order valence-corrected chi connectivity index (χ1v) is 7.79. The van der Waals surface area contributed by atoms with Crippen molar-refractivity contribution in [1.82, 2.24) is 10.3 Å². The maximum Gasteiger partial charge on any atom is 0.416 e. The van der Waals surface area contributed by atoms with Gasteiger partial charge in [-0.1, -0.05) is 12.1 Å². The minimum atomic E-state index is -4.58. The quantitative estimate of drug-likeness (QED) is 0.778. The highest BCUT2D eigenvalue weighted by Gasteiger charge is 2.31. The van der Waals surface area contributed by atoms with Crippen LogP contribution in [0.1, 0.15) is 21.5 Å². The number of benzene rings is 1. The molecule has 1 heterocycles. The Morgan fingerprint density at radius 2 is 1.93 bits per heavy atom. The van der Waals surface area contributed by atoms with Gasteiger partial charge < -0.3 is 14.8 Å². The van der Waals surface area contributed by atoms with Gasteiger partial charge in [-0.25, -0.2) is 9.78 Å². The second-order valence-electron chi connectivity index (χ2n) is 5.54. The van der Waals surface area contributed by atoms with Gasteiger partial charge in [-0.15, -0.1) is 0 Å². The van der Waals surface area contributed by atoms with Gasteiger partial charge >= 0.3 is 12.1 Å². The Morgan fingerprint density at radius 3 is 2.48 bits per heavy atom. The number of halogens is 3. The van der Waals surface area contributed by atoms with Crippen molar-refractivity contribution in [3.05, 3.63) is 59.3 Å². The molecule has 0 aliphatic rings. The van der Waals surface area contributed by atoms with Crippen LogP contribution in [0.25, 0.3) is 0 Å². The van der Waals surface area contributed by atoms with Gasteiger partial charge in [0.2, 0.25) is 5.88 Å². The molecular formula is C18H17F3N2O4. The van der Waals surface area contributed by atoms with Crippen molar-refractivity contribution in [2.24, 2.45) is 0 Å². The van der Waals surface area contributed by atoms with Crippen LogP contribution in [0.3, 0.4) is 0 Å². The van der Waals surface area contributed by atoms with Crippen LogP contribution in [-0.4, -0.2) is 37.1 Å². The van der Waals surface area contributed by atoms with E-state index in [1.54, 1.807) is 12.1 Å². The summed E-state index contributed by atoms with van der Waals surface area (Å²) in [7, 11) is 2.60. The van der Waals surface area contributed by atoms with Gasteiger partial charge in [0, 0.05) is 24.2 Å². The largest absolute Gasteiger partial charge is 0.481 e. The van der Waals surface area contributed by atoms with Crippen molar-refractivity contribution in [2.75, 3.05) is 14.2 Å². The number of aromatic nitrogens is 1. The molecule has 0 unspecified atom stereocenters. The third kappa shape index (κ3) is 5.44. The lowest BCUT2D eigenvalue weighted by molar-refractivity contribution is -0.143. The number of esters is 1. The minimum absolute atomic E-state index is 0.0500. The average molecular weight is 382 g/mol. The summed E-state index contributed by atoms with van der Waals surface area (Å²) in [5, 5.41) is 2.40. The lowest BCUT2D eigenvalue weighted by Gasteiger charge is -2.17. The number of rotatable bonds is 6. The molecule has 0 saturated heterocycles. The summed E-state index contributed by atoms with van der Waals surface area (Å²) in [5.74, 6) is -1.18. The highest BCUT2D eigenvalue weighted by atomic mass is 19.4. The van der Waals surface area contributed by atoms with Crippen molar-refractivity contribution in [1.29, 1.82) is 0 Å². The topological polar surface area (TPSA) is 77.5 Å². The first kappa shape index (κ1) is 20.2. The SMILES string of the molecule is COC(=O)[C@@H](Cc1ccc(OC)nc1)NC(=O)c1cccc(C(F)(F)F)c1. The van der Waals surface area contributed by atoms with E-state index >= 15 is 0 Å². The Labute approximate surface area is 153 Å². The number of carbonyl (C=O) groups excluding carboxylic acids is 2. The van der Waals surface area contributed by atoms with Crippen LogP contribution < -0.4 is 10.1 Å². The summed E-state index contributed by atoms with van der Waals surface area (Å²) in [5.41, 5.74) is -0.564. The zero-order valence-electron chi connectivity index (χ0n) is 14.5. The normalized spacial score (nSPS) is 12.2. The second kappa shape index (κ2) is 8.52. The van der Waals surface area contributed by atoms with Gasteiger partial charge in [0.1, 0.15) is 6.04 Å². The maximum absolute atomic E-state index is 12.8. The summed E-state index contributed by atoms with van der Waals surface area (Å²) in [6, 6.07) is 6.07. The van der Waals surface area contributed by atoms with Crippen molar-refractivity contribution in [2.45, 2.75) is 18.6 Å². The summed E-state index contributed by atoms with van der Waals surface area (Å²) in [6.07, 6.45) is -3.06.